The Morgan fingerprint density at radius 3 is 3.00 bits per heavy atom. The second kappa shape index (κ2) is 8.09. The van der Waals surface area contributed by atoms with Crippen LogP contribution in [-0.4, -0.2) is 52.5 Å². The molecule has 3 atom stereocenters. The number of aliphatic hydroxyl groups excluding tert-OH is 2. The molecule has 0 aromatic heterocycles. The maximum Gasteiger partial charge on any atom is 0.326 e. The molecule has 1 rings (SSSR count). The number of nitrogens with two attached hydrogens (primary N) is 1. The Hall–Kier alpha value is -0.300. The van der Waals surface area contributed by atoms with Crippen LogP contribution in [0.1, 0.15) is 32.6 Å². The number of hydrogen-bond acceptors (Lipinski definition) is 6. The molecule has 112 valence electrons. The fourth-order valence-corrected chi connectivity index (χ4v) is 3.53. The van der Waals surface area contributed by atoms with Gasteiger partial charge in [-0.25, -0.2) is 0 Å². The average Bonchev–Trinajstić information content (AvgIpc) is 2.77. The highest BCUT2D eigenvalue weighted by Crippen LogP contribution is 2.37. The zero-order chi connectivity index (χ0) is 14.3. The van der Waals surface area contributed by atoms with Crippen LogP contribution in [-0.2, 0) is 9.53 Å². The van der Waals surface area contributed by atoms with Crippen LogP contribution >= 0.6 is 11.8 Å². The first-order valence-electron chi connectivity index (χ1n) is 6.87. The molecular weight excluding hydrogens is 266 g/mol. The predicted molar refractivity (Wildman–Crippen MR) is 75.9 cm³/mol. The summed E-state index contributed by atoms with van der Waals surface area (Å²) in [6.45, 7) is 1.94. The molecule has 0 radical (unpaired) electrons. The second-order valence-corrected chi connectivity index (χ2v) is 6.20. The third-order valence-corrected chi connectivity index (χ3v) is 4.80. The van der Waals surface area contributed by atoms with Crippen LogP contribution in [0.25, 0.3) is 0 Å². The van der Waals surface area contributed by atoms with E-state index in [0.29, 0.717) is 18.8 Å². The number of ether oxygens (including phenoxy) is 1. The number of hydrogen-bond donors (Lipinski definition) is 3. The maximum atomic E-state index is 11.9. The van der Waals surface area contributed by atoms with Crippen molar-refractivity contribution >= 4 is 17.7 Å². The molecule has 4 N–H and O–H groups in total. The smallest absolute Gasteiger partial charge is 0.326 e. The maximum absolute atomic E-state index is 11.9. The normalized spacial score (nSPS) is 28.3. The van der Waals surface area contributed by atoms with Crippen molar-refractivity contribution in [2.75, 3.05) is 24.7 Å². The molecule has 0 spiro atoms. The highest BCUT2D eigenvalue weighted by Gasteiger charge is 2.46. The van der Waals surface area contributed by atoms with Gasteiger partial charge in [0.2, 0.25) is 0 Å². The summed E-state index contributed by atoms with van der Waals surface area (Å²) in [6.07, 6.45) is 2.79. The molecule has 19 heavy (non-hydrogen) atoms. The van der Waals surface area contributed by atoms with Crippen LogP contribution in [0.5, 0.6) is 0 Å². The molecule has 6 heteroatoms. The predicted octanol–water partition coefficient (Wildman–Crippen LogP) is 0.524. The highest BCUT2D eigenvalue weighted by atomic mass is 32.2. The first-order chi connectivity index (χ1) is 9.04. The van der Waals surface area contributed by atoms with Crippen molar-refractivity contribution in [3.05, 3.63) is 0 Å². The van der Waals surface area contributed by atoms with E-state index in [9.17, 15) is 9.90 Å². The quantitative estimate of drug-likeness (QED) is 0.446. The molecule has 0 aromatic rings. The van der Waals surface area contributed by atoms with Crippen molar-refractivity contribution in [1.82, 2.24) is 0 Å². The largest absolute Gasteiger partial charge is 0.465 e. The van der Waals surface area contributed by atoms with Crippen molar-refractivity contribution in [3.63, 3.8) is 0 Å². The molecule has 0 aliphatic heterocycles. The lowest BCUT2D eigenvalue weighted by molar-refractivity contribution is -0.151. The lowest BCUT2D eigenvalue weighted by Gasteiger charge is -2.29. The van der Waals surface area contributed by atoms with Crippen LogP contribution in [0.4, 0.5) is 0 Å². The van der Waals surface area contributed by atoms with E-state index in [4.69, 9.17) is 15.6 Å². The average molecular weight is 291 g/mol. The van der Waals surface area contributed by atoms with Gasteiger partial charge in [-0.2, -0.15) is 11.8 Å². The Morgan fingerprint density at radius 2 is 2.37 bits per heavy atom. The van der Waals surface area contributed by atoms with Gasteiger partial charge in [-0.15, -0.1) is 0 Å². The molecule has 0 saturated heterocycles. The van der Waals surface area contributed by atoms with E-state index < -0.39 is 11.6 Å². The Morgan fingerprint density at radius 1 is 1.63 bits per heavy atom. The molecule has 3 unspecified atom stereocenters. The van der Waals surface area contributed by atoms with Gasteiger partial charge in [0.25, 0.3) is 0 Å². The minimum Gasteiger partial charge on any atom is -0.465 e. The number of rotatable bonds is 8. The van der Waals surface area contributed by atoms with Gasteiger partial charge in [-0.05, 0) is 37.9 Å². The number of thioether (sulfide) groups is 1. The summed E-state index contributed by atoms with van der Waals surface area (Å²) in [7, 11) is 0. The van der Waals surface area contributed by atoms with Gasteiger partial charge in [0.05, 0.1) is 19.3 Å². The second-order valence-electron chi connectivity index (χ2n) is 5.05. The van der Waals surface area contributed by atoms with Crippen LogP contribution in [0.2, 0.25) is 0 Å². The van der Waals surface area contributed by atoms with E-state index in [1.165, 1.54) is 0 Å². The minimum absolute atomic E-state index is 0.158. The molecule has 1 aliphatic rings. The van der Waals surface area contributed by atoms with Gasteiger partial charge in [0, 0.05) is 5.75 Å². The monoisotopic (exact) mass is 291 g/mol. The van der Waals surface area contributed by atoms with E-state index in [1.807, 2.05) is 0 Å². The summed E-state index contributed by atoms with van der Waals surface area (Å²) in [4.78, 5) is 11.9. The van der Waals surface area contributed by atoms with Crippen molar-refractivity contribution in [1.29, 1.82) is 0 Å². The van der Waals surface area contributed by atoms with Crippen LogP contribution in [0.15, 0.2) is 0 Å². The van der Waals surface area contributed by atoms with Gasteiger partial charge in [-0.3, -0.25) is 4.79 Å². The van der Waals surface area contributed by atoms with E-state index >= 15 is 0 Å². The first kappa shape index (κ1) is 16.8. The van der Waals surface area contributed by atoms with Crippen molar-refractivity contribution in [2.45, 2.75) is 44.2 Å². The summed E-state index contributed by atoms with van der Waals surface area (Å²) in [5, 5.41) is 18.0. The first-order valence-corrected chi connectivity index (χ1v) is 8.02. The van der Waals surface area contributed by atoms with E-state index in [-0.39, 0.29) is 18.5 Å². The van der Waals surface area contributed by atoms with Crippen molar-refractivity contribution in [3.8, 4) is 0 Å². The zero-order valence-electron chi connectivity index (χ0n) is 11.5. The van der Waals surface area contributed by atoms with E-state index in [0.717, 1.165) is 25.0 Å². The molecule has 1 saturated carbocycles. The van der Waals surface area contributed by atoms with Crippen LogP contribution < -0.4 is 5.73 Å². The topological polar surface area (TPSA) is 92.8 Å². The Labute approximate surface area is 118 Å². The van der Waals surface area contributed by atoms with E-state index in [1.54, 1.807) is 18.7 Å². The molecular formula is C13H25NO4S. The van der Waals surface area contributed by atoms with Gasteiger partial charge in [0.15, 0.2) is 0 Å². The van der Waals surface area contributed by atoms with Crippen LogP contribution in [0, 0.1) is 5.92 Å². The molecule has 1 aliphatic carbocycles. The Kier molecular flexibility index (Phi) is 7.13. The molecule has 0 amide bonds. The third kappa shape index (κ3) is 4.63. The van der Waals surface area contributed by atoms with Gasteiger partial charge in [0.1, 0.15) is 5.54 Å². The van der Waals surface area contributed by atoms with Crippen molar-refractivity contribution < 1.29 is 19.7 Å². The summed E-state index contributed by atoms with van der Waals surface area (Å²) in [6, 6.07) is 0. The standard InChI is InChI=1S/C13H25NO4S/c1-2-18-12(17)13(14)6-3-4-10(13)5-7-19-9-11(16)8-15/h10-11,15-16H,2-9,14H2,1H3. The molecule has 0 heterocycles. The number of aliphatic hydroxyl groups is 2. The zero-order valence-corrected chi connectivity index (χ0v) is 12.3. The minimum atomic E-state index is -0.827. The lowest BCUT2D eigenvalue weighted by Crippen LogP contribution is -2.52. The van der Waals surface area contributed by atoms with Crippen LogP contribution in [0.3, 0.4) is 0 Å². The molecule has 5 nitrogen and oxygen atoms in total. The molecule has 0 bridgehead atoms. The number of esters is 1. The van der Waals surface area contributed by atoms with Crippen molar-refractivity contribution in [2.24, 2.45) is 11.7 Å². The fourth-order valence-electron chi connectivity index (χ4n) is 2.54. The lowest BCUT2D eigenvalue weighted by atomic mass is 9.86. The highest BCUT2D eigenvalue weighted by molar-refractivity contribution is 7.99. The summed E-state index contributed by atoms with van der Waals surface area (Å²) < 4.78 is 5.08. The summed E-state index contributed by atoms with van der Waals surface area (Å²) in [5.41, 5.74) is 5.40. The molecule has 0 aromatic carbocycles. The summed E-state index contributed by atoms with van der Waals surface area (Å²) in [5.74, 6) is 1.23. The van der Waals surface area contributed by atoms with Gasteiger partial charge < -0.3 is 20.7 Å². The molecule has 1 fully saturated rings. The number of carbonyl (C=O) groups excluding carboxylic acids is 1. The number of carbonyl (C=O) groups is 1. The Balaban J connectivity index is 2.37. The summed E-state index contributed by atoms with van der Waals surface area (Å²) >= 11 is 1.58. The van der Waals surface area contributed by atoms with Gasteiger partial charge in [-0.1, -0.05) is 6.42 Å². The Bertz CT molecular complexity index is 290. The van der Waals surface area contributed by atoms with Gasteiger partial charge >= 0.3 is 5.97 Å². The van der Waals surface area contributed by atoms with E-state index in [2.05, 4.69) is 0 Å². The SMILES string of the molecule is CCOC(=O)C1(N)CCCC1CCSCC(O)CO. The third-order valence-electron chi connectivity index (χ3n) is 3.66. The fraction of sp³-hybridized carbons (Fsp3) is 0.923.